The molecule has 0 spiro atoms. The van der Waals surface area contributed by atoms with Gasteiger partial charge in [-0.2, -0.15) is 0 Å². The molecule has 1 unspecified atom stereocenters. The van der Waals surface area contributed by atoms with E-state index in [9.17, 15) is 4.79 Å². The quantitative estimate of drug-likeness (QED) is 0.743. The van der Waals surface area contributed by atoms with Crippen LogP contribution in [0.4, 0.5) is 5.69 Å². The van der Waals surface area contributed by atoms with Crippen molar-refractivity contribution in [2.45, 2.75) is 26.8 Å². The number of hydrogen-bond donors (Lipinski definition) is 2. The molecule has 0 heterocycles. The fraction of sp³-hybridized carbons (Fsp3) is 0.350. The lowest BCUT2D eigenvalue weighted by Gasteiger charge is -2.17. The van der Waals surface area contributed by atoms with Crippen LogP contribution >= 0.6 is 15.9 Å². The first-order chi connectivity index (χ1) is 11.9. The van der Waals surface area contributed by atoms with Gasteiger partial charge in [-0.15, -0.1) is 0 Å². The zero-order valence-electron chi connectivity index (χ0n) is 15.3. The van der Waals surface area contributed by atoms with Crippen molar-refractivity contribution in [3.05, 3.63) is 57.6 Å². The minimum atomic E-state index is 0.0236. The largest absolute Gasteiger partial charge is 0.496 e. The smallest absolute Gasteiger partial charge is 0.279 e. The summed E-state index contributed by atoms with van der Waals surface area (Å²) in [5.74, 6) is 0.866. The Morgan fingerprint density at radius 1 is 1.24 bits per heavy atom. The van der Waals surface area contributed by atoms with Gasteiger partial charge in [0.2, 0.25) is 0 Å². The van der Waals surface area contributed by atoms with Crippen LogP contribution in [0, 0.1) is 6.92 Å². The summed E-state index contributed by atoms with van der Waals surface area (Å²) in [5, 5.41) is 3.09. The van der Waals surface area contributed by atoms with Crippen molar-refractivity contribution in [2.24, 2.45) is 0 Å². The number of methoxy groups -OCH3 is 1. The van der Waals surface area contributed by atoms with Crippen molar-refractivity contribution in [1.82, 2.24) is 0 Å². The van der Waals surface area contributed by atoms with E-state index >= 15 is 0 Å². The summed E-state index contributed by atoms with van der Waals surface area (Å²) in [4.78, 5) is 13.6. The molecule has 25 heavy (non-hydrogen) atoms. The monoisotopic (exact) mass is 405 g/mol. The predicted molar refractivity (Wildman–Crippen MR) is 105 cm³/mol. The van der Waals surface area contributed by atoms with Crippen LogP contribution in [0.5, 0.6) is 5.75 Å². The first-order valence-corrected chi connectivity index (χ1v) is 9.26. The number of benzene rings is 2. The maximum absolute atomic E-state index is 12.5. The molecular weight excluding hydrogens is 380 g/mol. The molecule has 0 saturated heterocycles. The van der Waals surface area contributed by atoms with Gasteiger partial charge in [0, 0.05) is 15.7 Å². The number of carbonyl (C=O) groups excluding carboxylic acids is 1. The molecule has 5 heteroatoms. The second-order valence-corrected chi connectivity index (χ2v) is 7.19. The highest BCUT2D eigenvalue weighted by molar-refractivity contribution is 9.10. The second kappa shape index (κ2) is 9.02. The Labute approximate surface area is 158 Å². The van der Waals surface area contributed by atoms with Crippen LogP contribution in [0.1, 0.15) is 23.6 Å². The summed E-state index contributed by atoms with van der Waals surface area (Å²) in [5.41, 5.74) is 4.29. The van der Waals surface area contributed by atoms with E-state index in [0.29, 0.717) is 13.1 Å². The molecule has 2 rings (SSSR count). The van der Waals surface area contributed by atoms with Gasteiger partial charge in [-0.3, -0.25) is 4.79 Å². The summed E-state index contributed by atoms with van der Waals surface area (Å²) < 4.78 is 6.42. The van der Waals surface area contributed by atoms with Crippen molar-refractivity contribution in [2.75, 3.05) is 26.0 Å². The van der Waals surface area contributed by atoms with E-state index in [-0.39, 0.29) is 5.91 Å². The normalized spacial score (nSPS) is 11.9. The standard InChI is InChI=1S/C20H25BrN2O2/c1-5-15-8-6-7-14(2)20(15)22-19(24)13-23(3)12-16-11-17(21)9-10-18(16)25-4/h6-11H,5,12-13H2,1-4H3,(H,22,24)/p+1. The second-order valence-electron chi connectivity index (χ2n) is 6.28. The van der Waals surface area contributed by atoms with Crippen LogP contribution in [0.3, 0.4) is 0 Å². The van der Waals surface area contributed by atoms with Crippen molar-refractivity contribution in [3.8, 4) is 5.75 Å². The van der Waals surface area contributed by atoms with Crippen LogP contribution in [0.15, 0.2) is 40.9 Å². The number of anilines is 1. The number of hydrogen-bond acceptors (Lipinski definition) is 2. The van der Waals surface area contributed by atoms with E-state index in [2.05, 4.69) is 34.2 Å². The van der Waals surface area contributed by atoms with Crippen molar-refractivity contribution in [1.29, 1.82) is 0 Å². The van der Waals surface area contributed by atoms with Gasteiger partial charge < -0.3 is 15.0 Å². The van der Waals surface area contributed by atoms with Gasteiger partial charge in [-0.1, -0.05) is 41.1 Å². The van der Waals surface area contributed by atoms with E-state index in [0.717, 1.165) is 38.4 Å². The Morgan fingerprint density at radius 2 is 2.00 bits per heavy atom. The van der Waals surface area contributed by atoms with E-state index < -0.39 is 0 Å². The summed E-state index contributed by atoms with van der Waals surface area (Å²) in [6.45, 7) is 5.23. The fourth-order valence-electron chi connectivity index (χ4n) is 2.93. The van der Waals surface area contributed by atoms with Crippen LogP contribution < -0.4 is 15.0 Å². The third-order valence-electron chi connectivity index (χ3n) is 4.20. The third kappa shape index (κ3) is 5.31. The number of likely N-dealkylation sites (N-methyl/N-ethyl adjacent to an activating group) is 1. The summed E-state index contributed by atoms with van der Waals surface area (Å²) in [7, 11) is 3.68. The van der Waals surface area contributed by atoms with Gasteiger partial charge in [-0.25, -0.2) is 0 Å². The van der Waals surface area contributed by atoms with Gasteiger partial charge in [0.15, 0.2) is 6.54 Å². The first kappa shape index (κ1) is 19.5. The Hall–Kier alpha value is -1.85. The van der Waals surface area contributed by atoms with Crippen molar-refractivity contribution in [3.63, 3.8) is 0 Å². The Morgan fingerprint density at radius 3 is 2.68 bits per heavy atom. The molecule has 2 aromatic carbocycles. The highest BCUT2D eigenvalue weighted by Crippen LogP contribution is 2.22. The number of carbonyl (C=O) groups is 1. The number of nitrogens with one attached hydrogen (secondary N) is 2. The summed E-state index contributed by atoms with van der Waals surface area (Å²) in [6.07, 6.45) is 0.898. The number of amides is 1. The van der Waals surface area contributed by atoms with Crippen LogP contribution in [0.2, 0.25) is 0 Å². The average Bonchev–Trinajstić information content (AvgIpc) is 2.56. The lowest BCUT2D eigenvalue weighted by Crippen LogP contribution is -3.08. The number of aryl methyl sites for hydroxylation is 2. The van der Waals surface area contributed by atoms with Gasteiger partial charge in [0.1, 0.15) is 12.3 Å². The topological polar surface area (TPSA) is 42.8 Å². The molecule has 0 aliphatic heterocycles. The molecule has 0 fully saturated rings. The molecule has 0 aliphatic carbocycles. The minimum absolute atomic E-state index is 0.0236. The van der Waals surface area contributed by atoms with Crippen molar-refractivity contribution < 1.29 is 14.4 Å². The maximum Gasteiger partial charge on any atom is 0.279 e. The van der Waals surface area contributed by atoms with Crippen LogP contribution in [-0.2, 0) is 17.8 Å². The molecule has 0 radical (unpaired) electrons. The lowest BCUT2D eigenvalue weighted by atomic mass is 10.1. The molecule has 1 atom stereocenters. The third-order valence-corrected chi connectivity index (χ3v) is 4.69. The zero-order valence-corrected chi connectivity index (χ0v) is 16.9. The summed E-state index contributed by atoms with van der Waals surface area (Å²) in [6, 6.07) is 12.0. The van der Waals surface area contributed by atoms with Gasteiger partial charge in [-0.05, 0) is 42.7 Å². The van der Waals surface area contributed by atoms with E-state index in [1.807, 2.05) is 44.3 Å². The van der Waals surface area contributed by atoms with Gasteiger partial charge in [0.05, 0.1) is 14.2 Å². The van der Waals surface area contributed by atoms with Crippen LogP contribution in [-0.4, -0.2) is 26.6 Å². The average molecular weight is 406 g/mol. The Balaban J connectivity index is 2.03. The summed E-state index contributed by atoms with van der Waals surface area (Å²) >= 11 is 3.49. The predicted octanol–water partition coefficient (Wildman–Crippen LogP) is 2.98. The molecule has 1 amide bonds. The first-order valence-electron chi connectivity index (χ1n) is 8.46. The zero-order chi connectivity index (χ0) is 18.4. The molecule has 0 bridgehead atoms. The number of quaternary nitrogens is 1. The molecule has 2 N–H and O–H groups in total. The van der Waals surface area contributed by atoms with E-state index in [1.54, 1.807) is 7.11 Å². The van der Waals surface area contributed by atoms with Gasteiger partial charge >= 0.3 is 0 Å². The molecule has 0 aliphatic rings. The number of ether oxygens (including phenoxy) is 1. The molecular formula is C20H26BrN2O2+. The number of rotatable bonds is 7. The van der Waals surface area contributed by atoms with Crippen molar-refractivity contribution >= 4 is 27.5 Å². The Kier molecular flexibility index (Phi) is 7.02. The minimum Gasteiger partial charge on any atom is -0.496 e. The van der Waals surface area contributed by atoms with E-state index in [4.69, 9.17) is 4.74 Å². The molecule has 2 aromatic rings. The maximum atomic E-state index is 12.5. The van der Waals surface area contributed by atoms with Gasteiger partial charge in [0.25, 0.3) is 5.91 Å². The Bertz CT molecular complexity index is 746. The fourth-order valence-corrected chi connectivity index (χ4v) is 3.34. The molecule has 134 valence electrons. The SMILES string of the molecule is CCc1cccc(C)c1NC(=O)C[NH+](C)Cc1cc(Br)ccc1OC. The van der Waals surface area contributed by atoms with Crippen LogP contribution in [0.25, 0.3) is 0 Å². The number of para-hydroxylation sites is 1. The number of halogens is 1. The lowest BCUT2D eigenvalue weighted by molar-refractivity contribution is -0.885. The molecule has 4 nitrogen and oxygen atoms in total. The molecule has 0 aromatic heterocycles. The highest BCUT2D eigenvalue weighted by Gasteiger charge is 2.15. The highest BCUT2D eigenvalue weighted by atomic mass is 79.9. The molecule has 0 saturated carbocycles. The van der Waals surface area contributed by atoms with E-state index in [1.165, 1.54) is 5.56 Å².